The molecule has 16 heteroatoms. The molecular formula is C10H5F11N2O3. The minimum absolute atomic E-state index is 0.357. The largest absolute Gasteiger partial charge is 0.462 e. The molecule has 0 saturated carbocycles. The van der Waals surface area contributed by atoms with Crippen LogP contribution in [0, 0.1) is 6.92 Å². The Morgan fingerprint density at radius 2 is 1.23 bits per heavy atom. The van der Waals surface area contributed by atoms with Crippen LogP contribution in [-0.4, -0.2) is 34.4 Å². The summed E-state index contributed by atoms with van der Waals surface area (Å²) in [5.41, 5.74) is -7.81. The van der Waals surface area contributed by atoms with Gasteiger partial charge in [-0.2, -0.15) is 48.3 Å². The van der Waals surface area contributed by atoms with E-state index in [1.807, 2.05) is 0 Å². The van der Waals surface area contributed by atoms with E-state index in [9.17, 15) is 57.9 Å². The fraction of sp³-hybridized carbons (Fsp3) is 0.600. The topological polar surface area (TPSA) is 75.0 Å². The molecule has 2 N–H and O–H groups in total. The standard InChI is InChI=1S/C10H5F11N2O3/c1-2-3(4(24)23-5(25)22-2)6(11,8(14,15)16)26-10(20,21)7(12,13)9(17,18)19/h1H3,(H2,22,23,24,25). The highest BCUT2D eigenvalue weighted by Gasteiger charge is 2.79. The monoisotopic (exact) mass is 410 g/mol. The normalized spacial score (nSPS) is 16.5. The van der Waals surface area contributed by atoms with Gasteiger partial charge in [0.15, 0.2) is 0 Å². The SMILES string of the molecule is Cc1[nH]c(=O)[nH]c(=O)c1C(F)(OC(F)(F)C(F)(F)C(F)(F)F)C(F)(F)F. The summed E-state index contributed by atoms with van der Waals surface area (Å²) in [6.45, 7) is 0.357. The van der Waals surface area contributed by atoms with E-state index in [2.05, 4.69) is 4.74 Å². The van der Waals surface area contributed by atoms with Crippen molar-refractivity contribution in [2.45, 2.75) is 37.2 Å². The van der Waals surface area contributed by atoms with Crippen molar-refractivity contribution in [1.29, 1.82) is 0 Å². The van der Waals surface area contributed by atoms with Gasteiger partial charge in [0.1, 0.15) is 5.56 Å². The molecule has 1 aromatic rings. The van der Waals surface area contributed by atoms with Gasteiger partial charge in [0, 0.05) is 5.69 Å². The van der Waals surface area contributed by atoms with Crippen LogP contribution in [-0.2, 0) is 10.6 Å². The molecule has 1 heterocycles. The fourth-order valence-corrected chi connectivity index (χ4v) is 1.64. The highest BCUT2D eigenvalue weighted by molar-refractivity contribution is 5.23. The van der Waals surface area contributed by atoms with Gasteiger partial charge in [0.2, 0.25) is 0 Å². The molecule has 26 heavy (non-hydrogen) atoms. The van der Waals surface area contributed by atoms with Crippen molar-refractivity contribution in [2.75, 3.05) is 0 Å². The number of ether oxygens (including phenoxy) is 1. The number of nitrogens with one attached hydrogen (secondary N) is 2. The van der Waals surface area contributed by atoms with Crippen LogP contribution >= 0.6 is 0 Å². The van der Waals surface area contributed by atoms with E-state index >= 15 is 0 Å². The maximum absolute atomic E-state index is 14.2. The molecule has 5 nitrogen and oxygen atoms in total. The van der Waals surface area contributed by atoms with Crippen molar-refractivity contribution in [3.05, 3.63) is 32.1 Å². The third-order valence-electron chi connectivity index (χ3n) is 2.81. The van der Waals surface area contributed by atoms with Crippen molar-refractivity contribution in [2.24, 2.45) is 0 Å². The summed E-state index contributed by atoms with van der Waals surface area (Å²) in [6, 6.07) is 0. The summed E-state index contributed by atoms with van der Waals surface area (Å²) in [5.74, 6) is -13.4. The van der Waals surface area contributed by atoms with Crippen molar-refractivity contribution in [3.63, 3.8) is 0 Å². The zero-order chi connectivity index (χ0) is 20.9. The third-order valence-corrected chi connectivity index (χ3v) is 2.81. The Bertz CT molecular complexity index is 791. The van der Waals surface area contributed by atoms with E-state index in [-0.39, 0.29) is 0 Å². The summed E-state index contributed by atoms with van der Waals surface area (Å²) in [7, 11) is 0. The molecule has 0 spiro atoms. The van der Waals surface area contributed by atoms with Gasteiger partial charge in [-0.3, -0.25) is 14.5 Å². The maximum atomic E-state index is 14.2. The van der Waals surface area contributed by atoms with Crippen LogP contribution in [0.1, 0.15) is 11.3 Å². The second kappa shape index (κ2) is 5.95. The van der Waals surface area contributed by atoms with Crippen molar-refractivity contribution in [3.8, 4) is 0 Å². The average Bonchev–Trinajstić information content (AvgIpc) is 2.33. The van der Waals surface area contributed by atoms with Crippen LogP contribution in [0.15, 0.2) is 9.59 Å². The Hall–Kier alpha value is -2.13. The highest BCUT2D eigenvalue weighted by atomic mass is 19.4. The molecule has 0 aliphatic carbocycles. The first-order valence-electron chi connectivity index (χ1n) is 5.90. The Labute approximate surface area is 133 Å². The molecule has 0 saturated heterocycles. The van der Waals surface area contributed by atoms with Crippen LogP contribution in [0.25, 0.3) is 0 Å². The first-order valence-corrected chi connectivity index (χ1v) is 5.90. The first kappa shape index (κ1) is 21.9. The van der Waals surface area contributed by atoms with Crippen LogP contribution in [0.5, 0.6) is 0 Å². The highest BCUT2D eigenvalue weighted by Crippen LogP contribution is 2.53. The molecule has 0 fully saturated rings. The number of hydrogen-bond donors (Lipinski definition) is 2. The number of H-pyrrole nitrogens is 2. The third kappa shape index (κ3) is 3.41. The number of aromatic nitrogens is 2. The lowest BCUT2D eigenvalue weighted by atomic mass is 10.1. The van der Waals surface area contributed by atoms with E-state index in [4.69, 9.17) is 0 Å². The molecule has 0 aromatic carbocycles. The Kier molecular flexibility index (Phi) is 5.02. The molecule has 0 radical (unpaired) electrons. The quantitative estimate of drug-likeness (QED) is 0.750. The molecular weight excluding hydrogens is 405 g/mol. The summed E-state index contributed by atoms with van der Waals surface area (Å²) >= 11 is 0. The summed E-state index contributed by atoms with van der Waals surface area (Å²) in [4.78, 5) is 24.5. The van der Waals surface area contributed by atoms with E-state index in [1.54, 1.807) is 0 Å². The number of alkyl halides is 11. The van der Waals surface area contributed by atoms with E-state index in [1.165, 1.54) is 4.98 Å². The number of aryl methyl sites for hydroxylation is 1. The zero-order valence-electron chi connectivity index (χ0n) is 11.9. The molecule has 150 valence electrons. The minimum Gasteiger partial charge on any atom is -0.311 e. The number of hydrogen-bond acceptors (Lipinski definition) is 3. The molecule has 0 amide bonds. The molecule has 0 bridgehead atoms. The molecule has 0 aliphatic rings. The molecule has 1 atom stereocenters. The summed E-state index contributed by atoms with van der Waals surface area (Å²) in [5, 5.41) is 0. The summed E-state index contributed by atoms with van der Waals surface area (Å²) in [6.07, 6.45) is -21.0. The lowest BCUT2D eigenvalue weighted by molar-refractivity contribution is -0.488. The molecule has 1 rings (SSSR count). The van der Waals surface area contributed by atoms with Gasteiger partial charge < -0.3 is 4.98 Å². The van der Waals surface area contributed by atoms with Crippen molar-refractivity contribution in [1.82, 2.24) is 9.97 Å². The van der Waals surface area contributed by atoms with Crippen LogP contribution < -0.4 is 11.2 Å². The lowest BCUT2D eigenvalue weighted by Gasteiger charge is -2.35. The zero-order valence-corrected chi connectivity index (χ0v) is 11.9. The average molecular weight is 410 g/mol. The van der Waals surface area contributed by atoms with Gasteiger partial charge in [-0.05, 0) is 6.92 Å². The predicted octanol–water partition coefficient (Wildman–Crippen LogP) is 2.86. The Morgan fingerprint density at radius 3 is 1.58 bits per heavy atom. The van der Waals surface area contributed by atoms with Gasteiger partial charge in [-0.1, -0.05) is 0 Å². The van der Waals surface area contributed by atoms with Gasteiger partial charge in [-0.15, -0.1) is 0 Å². The predicted molar refractivity (Wildman–Crippen MR) is 58.3 cm³/mol. The number of rotatable bonds is 4. The smallest absolute Gasteiger partial charge is 0.311 e. The van der Waals surface area contributed by atoms with E-state index in [0.29, 0.717) is 6.92 Å². The van der Waals surface area contributed by atoms with Gasteiger partial charge >= 0.3 is 35.9 Å². The minimum atomic E-state index is -7.26. The molecule has 1 unspecified atom stereocenters. The second-order valence-corrected chi connectivity index (χ2v) is 4.69. The Morgan fingerprint density at radius 1 is 0.769 bits per heavy atom. The van der Waals surface area contributed by atoms with Crippen LogP contribution in [0.4, 0.5) is 48.3 Å². The van der Waals surface area contributed by atoms with Crippen LogP contribution in [0.3, 0.4) is 0 Å². The molecule has 1 aromatic heterocycles. The van der Waals surface area contributed by atoms with Gasteiger partial charge in [0.05, 0.1) is 0 Å². The van der Waals surface area contributed by atoms with E-state index in [0.717, 1.165) is 4.98 Å². The van der Waals surface area contributed by atoms with Crippen LogP contribution in [0.2, 0.25) is 0 Å². The van der Waals surface area contributed by atoms with E-state index < -0.39 is 52.7 Å². The lowest BCUT2D eigenvalue weighted by Crippen LogP contribution is -2.59. The second-order valence-electron chi connectivity index (χ2n) is 4.69. The van der Waals surface area contributed by atoms with Gasteiger partial charge in [-0.25, -0.2) is 4.79 Å². The Balaban J connectivity index is 3.70. The number of halogens is 11. The van der Waals surface area contributed by atoms with Gasteiger partial charge in [0.25, 0.3) is 5.56 Å². The fourth-order valence-electron chi connectivity index (χ4n) is 1.64. The maximum Gasteiger partial charge on any atom is 0.462 e. The first-order chi connectivity index (χ1) is 11.3. The number of aromatic amines is 2. The molecule has 0 aliphatic heterocycles. The summed E-state index contributed by atoms with van der Waals surface area (Å²) < 4.78 is 143. The van der Waals surface area contributed by atoms with Crippen molar-refractivity contribution < 1.29 is 53.0 Å². The van der Waals surface area contributed by atoms with Crippen molar-refractivity contribution >= 4 is 0 Å².